The highest BCUT2D eigenvalue weighted by Gasteiger charge is 2.46. The van der Waals surface area contributed by atoms with Crippen molar-refractivity contribution in [1.82, 2.24) is 9.88 Å². The molecule has 62 heavy (non-hydrogen) atoms. The third kappa shape index (κ3) is 7.64. The lowest BCUT2D eigenvalue weighted by molar-refractivity contribution is -0.244. The maximum Gasteiger partial charge on any atom is 0.420 e. The van der Waals surface area contributed by atoms with Gasteiger partial charge in [0.05, 0.1) is 55.2 Å². The van der Waals surface area contributed by atoms with Crippen molar-refractivity contribution in [1.29, 1.82) is 0 Å². The number of nitrogens with two attached hydrogens (primary N) is 1. The monoisotopic (exact) mass is 849 g/mol. The van der Waals surface area contributed by atoms with Gasteiger partial charge in [0, 0.05) is 35.4 Å². The Labute approximate surface area is 355 Å². The Balaban J connectivity index is 1.03. The van der Waals surface area contributed by atoms with Crippen LogP contribution in [-0.4, -0.2) is 87.3 Å². The number of aliphatic hydroxyl groups is 2. The maximum atomic E-state index is 14.1. The molecule has 1 fully saturated rings. The van der Waals surface area contributed by atoms with Crippen LogP contribution >= 0.6 is 0 Å². The Morgan fingerprint density at radius 3 is 2.55 bits per heavy atom. The van der Waals surface area contributed by atoms with E-state index in [2.05, 4.69) is 5.32 Å². The molecule has 16 nitrogen and oxygen atoms in total. The van der Waals surface area contributed by atoms with Crippen molar-refractivity contribution in [2.75, 3.05) is 20.3 Å². The number of ether oxygens (including phenoxy) is 4. The number of carbonyl (C=O) groups excluding carboxylic acids is 3. The fourth-order valence-electron chi connectivity index (χ4n) is 8.82. The van der Waals surface area contributed by atoms with Gasteiger partial charge < -0.3 is 54.8 Å². The van der Waals surface area contributed by atoms with Crippen LogP contribution in [0.2, 0.25) is 0 Å². The minimum atomic E-state index is -0.981. The van der Waals surface area contributed by atoms with E-state index in [9.17, 15) is 39.6 Å². The molecular formula is C46H47N3O13. The molecule has 2 aliphatic carbocycles. The van der Waals surface area contributed by atoms with Crippen LogP contribution in [0, 0.1) is 12.3 Å². The molecule has 1 aromatic heterocycles. The molecule has 6 atom stereocenters. The molecule has 324 valence electrons. The van der Waals surface area contributed by atoms with Crippen LogP contribution in [-0.2, 0) is 27.2 Å². The van der Waals surface area contributed by atoms with E-state index >= 15 is 0 Å². The van der Waals surface area contributed by atoms with E-state index in [-0.39, 0.29) is 70.9 Å². The van der Waals surface area contributed by atoms with Gasteiger partial charge in [0.2, 0.25) is 5.78 Å². The van der Waals surface area contributed by atoms with Crippen LogP contribution in [0.4, 0.5) is 0 Å². The number of phenols is 2. The molecule has 5 aromatic rings. The lowest BCUT2D eigenvalue weighted by Gasteiger charge is -2.44. The van der Waals surface area contributed by atoms with Gasteiger partial charge in [0.1, 0.15) is 11.5 Å². The van der Waals surface area contributed by atoms with E-state index in [1.807, 2.05) is 26.0 Å². The Morgan fingerprint density at radius 2 is 1.82 bits per heavy atom. The lowest BCUT2D eigenvalue weighted by atomic mass is 9.66. The molecule has 3 unspecified atom stereocenters. The molecule has 16 heteroatoms. The van der Waals surface area contributed by atoms with Crippen LogP contribution in [0.5, 0.6) is 23.0 Å². The van der Waals surface area contributed by atoms with E-state index in [0.717, 1.165) is 5.56 Å². The highest BCUT2D eigenvalue weighted by atomic mass is 16.7. The van der Waals surface area contributed by atoms with Crippen molar-refractivity contribution in [3.63, 3.8) is 0 Å². The number of oxazole rings is 1. The third-order valence-electron chi connectivity index (χ3n) is 12.1. The fourth-order valence-corrected chi connectivity index (χ4v) is 8.82. The summed E-state index contributed by atoms with van der Waals surface area (Å²) >= 11 is 0. The predicted octanol–water partition coefficient (Wildman–Crippen LogP) is 4.05. The van der Waals surface area contributed by atoms with Gasteiger partial charge in [-0.1, -0.05) is 31.2 Å². The number of aryl methyl sites for hydroxylation is 1. The normalized spacial score (nSPS) is 23.4. The first-order chi connectivity index (χ1) is 29.6. The van der Waals surface area contributed by atoms with Gasteiger partial charge in [-0.3, -0.25) is 19.0 Å². The number of aromatic nitrogens is 1. The van der Waals surface area contributed by atoms with Crippen molar-refractivity contribution >= 4 is 28.6 Å². The summed E-state index contributed by atoms with van der Waals surface area (Å²) in [6, 6.07) is 15.5. The number of rotatable bonds is 11. The molecule has 1 aliphatic heterocycles. The van der Waals surface area contributed by atoms with Crippen molar-refractivity contribution in [2.45, 2.75) is 77.2 Å². The molecule has 1 amide bonds. The van der Waals surface area contributed by atoms with Crippen LogP contribution in [0.15, 0.2) is 81.6 Å². The lowest BCUT2D eigenvalue weighted by Crippen LogP contribution is -2.52. The van der Waals surface area contributed by atoms with Gasteiger partial charge in [0.25, 0.3) is 5.91 Å². The van der Waals surface area contributed by atoms with Crippen LogP contribution < -0.4 is 26.3 Å². The van der Waals surface area contributed by atoms with Crippen LogP contribution in [0.1, 0.15) is 86.9 Å². The van der Waals surface area contributed by atoms with E-state index in [1.165, 1.54) is 36.1 Å². The Bertz CT molecular complexity index is 2710. The number of phenolic OH excluding ortho intramolecular Hbond substituents is 2. The van der Waals surface area contributed by atoms with Gasteiger partial charge in [-0.05, 0) is 90.8 Å². The molecule has 1 saturated heterocycles. The van der Waals surface area contributed by atoms with Gasteiger partial charge in [-0.15, -0.1) is 0 Å². The van der Waals surface area contributed by atoms with Crippen LogP contribution in [0.3, 0.4) is 0 Å². The van der Waals surface area contributed by atoms with Crippen molar-refractivity contribution < 1.29 is 58.2 Å². The minimum absolute atomic E-state index is 0.00193. The first kappa shape index (κ1) is 42.4. The molecular weight excluding hydrogens is 803 g/mol. The molecule has 0 saturated carbocycles. The minimum Gasteiger partial charge on any atom is -0.507 e. The number of carbonyl (C=O) groups is 3. The molecule has 0 bridgehead atoms. The summed E-state index contributed by atoms with van der Waals surface area (Å²) < 4.78 is 30.3. The number of fused-ring (bicyclic) bond motifs is 4. The Kier molecular flexibility index (Phi) is 11.3. The van der Waals surface area contributed by atoms with E-state index in [0.29, 0.717) is 27.8 Å². The summed E-state index contributed by atoms with van der Waals surface area (Å²) in [5, 5.41) is 46.6. The van der Waals surface area contributed by atoms with E-state index in [1.54, 1.807) is 37.3 Å². The van der Waals surface area contributed by atoms with Crippen molar-refractivity contribution in [2.24, 2.45) is 11.1 Å². The zero-order valence-corrected chi connectivity index (χ0v) is 34.5. The zero-order valence-electron chi connectivity index (χ0n) is 34.5. The number of ketones is 2. The number of aromatic hydroxyl groups is 2. The number of amides is 1. The molecule has 0 radical (unpaired) electrons. The third-order valence-corrected chi connectivity index (χ3v) is 12.1. The molecule has 7 N–H and O–H groups in total. The summed E-state index contributed by atoms with van der Waals surface area (Å²) in [5.41, 5.74) is 8.94. The Morgan fingerprint density at radius 1 is 1.03 bits per heavy atom. The average Bonchev–Trinajstić information content (AvgIpc) is 3.53. The first-order valence-electron chi connectivity index (χ1n) is 20.1. The van der Waals surface area contributed by atoms with E-state index in [4.69, 9.17) is 29.1 Å². The topological polar surface area (TPSA) is 242 Å². The molecule has 3 aliphatic rings. The van der Waals surface area contributed by atoms with Crippen molar-refractivity contribution in [3.8, 4) is 23.0 Å². The largest absolute Gasteiger partial charge is 0.507 e. The van der Waals surface area contributed by atoms with Crippen LogP contribution in [0.25, 0.3) is 11.1 Å². The predicted molar refractivity (Wildman–Crippen MR) is 222 cm³/mol. The number of nitrogens with one attached hydrogen (secondary N) is 1. The highest BCUT2D eigenvalue weighted by molar-refractivity contribution is 6.30. The molecule has 0 spiro atoms. The zero-order chi connectivity index (χ0) is 44.2. The number of aliphatic hydroxyl groups excluding tert-OH is 2. The first-order valence-corrected chi connectivity index (χ1v) is 20.1. The smallest absolute Gasteiger partial charge is 0.420 e. The summed E-state index contributed by atoms with van der Waals surface area (Å²) in [6.45, 7) is 4.50. The number of benzene rings is 4. The fraction of sp³-hybridized carbons (Fsp3) is 0.348. The van der Waals surface area contributed by atoms with Gasteiger partial charge in [-0.25, -0.2) is 4.79 Å². The van der Waals surface area contributed by atoms with Gasteiger partial charge >= 0.3 is 5.76 Å². The SMILES string of the molecule is COc1cccc2c1C(=O)c1c(cc3c(c1O)[C@@H](OC1CC(N)C(O)[C@H](C)O1)C[C@](C)(/C(=C/NC(=O)COc1ccc(Cn4c(=O)oc5ccc(C)cc54)cc1O)CO)C3)C2=O. The van der Waals surface area contributed by atoms with Gasteiger partial charge in [-0.2, -0.15) is 0 Å². The summed E-state index contributed by atoms with van der Waals surface area (Å²) in [4.78, 5) is 53.7. The average molecular weight is 850 g/mol. The standard InChI is InChI=1S/C46H47N3O13/c1-22-8-10-32-30(12-22)49(45(57)62-32)19-24-9-11-33(31(51)13-24)59-21-36(52)48-18-26(20-50)46(3)16-25-14-28-40(44(56)39-27(42(28)54)6-5-7-34(39)58-4)43(55)38(25)35(17-46)61-37-15-29(47)41(53)23(2)60-37/h5-14,18,23,29,35,37,41,50-51,53,55H,15-17,19-21,47H2,1-4H3,(H,48,52)/b26-18+/t23-,29?,35-,37?,41?,46+/m0/s1. The highest BCUT2D eigenvalue weighted by Crippen LogP contribution is 2.53. The number of hydrogen-bond donors (Lipinski definition) is 6. The number of nitrogens with zero attached hydrogens (tertiary/aromatic N) is 1. The maximum absolute atomic E-state index is 14.1. The quantitative estimate of drug-likeness (QED) is 0.108. The Hall–Kier alpha value is -6.30. The summed E-state index contributed by atoms with van der Waals surface area (Å²) in [6.07, 6.45) is -1.80. The summed E-state index contributed by atoms with van der Waals surface area (Å²) in [7, 11) is 1.39. The summed E-state index contributed by atoms with van der Waals surface area (Å²) in [5.74, 6) is -2.69. The molecule has 4 aromatic carbocycles. The molecule has 2 heterocycles. The second kappa shape index (κ2) is 16.5. The van der Waals surface area contributed by atoms with E-state index < -0.39 is 78.3 Å². The second-order valence-electron chi connectivity index (χ2n) is 16.4. The number of hydrogen-bond acceptors (Lipinski definition) is 14. The molecule has 8 rings (SSSR count). The van der Waals surface area contributed by atoms with Gasteiger partial charge in [0.15, 0.2) is 35.8 Å². The van der Waals surface area contributed by atoms with Crippen molar-refractivity contribution in [3.05, 3.63) is 127 Å². The second-order valence-corrected chi connectivity index (χ2v) is 16.4. The number of methoxy groups -OCH3 is 1.